The Balaban J connectivity index is -0.000000600. The Morgan fingerprint density at radius 2 is 1.26 bits per heavy atom. The molecule has 0 aromatic heterocycles. The minimum absolute atomic E-state index is 0.0892. The number of hydrogen-bond donors (Lipinski definition) is 1. The SMILES string of the molecule is CC.CC(N)=O.CCN(C)C(CCC(C)C)c1ccccc1.CCOC(C)=O.COC(C)c1cc(C(F)(F)F)cc(C(F)(F)F)c1. The molecule has 0 fully saturated rings. The van der Waals surface area contributed by atoms with Gasteiger partial charge in [-0.2, -0.15) is 26.3 Å². The van der Waals surface area contributed by atoms with Crippen LogP contribution in [0.5, 0.6) is 0 Å². The van der Waals surface area contributed by atoms with Crippen LogP contribution < -0.4 is 5.73 Å². The van der Waals surface area contributed by atoms with Gasteiger partial charge < -0.3 is 15.2 Å². The quantitative estimate of drug-likeness (QED) is 0.213. The van der Waals surface area contributed by atoms with E-state index in [1.165, 1.54) is 46.3 Å². The molecule has 266 valence electrons. The summed E-state index contributed by atoms with van der Waals surface area (Å²) in [6.07, 6.45) is -7.96. The predicted octanol–water partition coefficient (Wildman–Crippen LogP) is 9.63. The highest BCUT2D eigenvalue weighted by Crippen LogP contribution is 2.37. The van der Waals surface area contributed by atoms with Crippen LogP contribution in [0.1, 0.15) is 110 Å². The van der Waals surface area contributed by atoms with Crippen molar-refractivity contribution >= 4 is 11.9 Å². The molecule has 2 rings (SSSR count). The van der Waals surface area contributed by atoms with Gasteiger partial charge in [-0.1, -0.05) is 65.0 Å². The Morgan fingerprint density at radius 1 is 0.826 bits per heavy atom. The molecule has 0 aliphatic rings. The number of alkyl halides is 6. The normalized spacial score (nSPS) is 12.1. The number of amides is 1. The number of nitrogens with zero attached hydrogens (tertiary/aromatic N) is 1. The van der Waals surface area contributed by atoms with Gasteiger partial charge in [-0.25, -0.2) is 0 Å². The van der Waals surface area contributed by atoms with E-state index in [-0.39, 0.29) is 23.5 Å². The number of carbonyl (C=O) groups is 2. The second-order valence-corrected chi connectivity index (χ2v) is 10.2. The summed E-state index contributed by atoms with van der Waals surface area (Å²) in [6, 6.07) is 12.8. The molecule has 2 N–H and O–H groups in total. The average molecular weight is 669 g/mol. The van der Waals surface area contributed by atoms with Gasteiger partial charge in [0.05, 0.1) is 23.8 Å². The fraction of sp³-hybridized carbons (Fsp3) is 0.588. The van der Waals surface area contributed by atoms with E-state index in [1.807, 2.05) is 13.8 Å². The van der Waals surface area contributed by atoms with Crippen molar-refractivity contribution in [3.63, 3.8) is 0 Å². The number of methoxy groups -OCH3 is 1. The van der Waals surface area contributed by atoms with Crippen LogP contribution in [-0.4, -0.2) is 44.1 Å². The number of benzene rings is 2. The van der Waals surface area contributed by atoms with E-state index in [0.717, 1.165) is 12.5 Å². The van der Waals surface area contributed by atoms with Crippen molar-refractivity contribution in [2.24, 2.45) is 11.7 Å². The van der Waals surface area contributed by atoms with Crippen molar-refractivity contribution in [1.29, 1.82) is 0 Å². The first-order chi connectivity index (χ1) is 21.2. The van der Waals surface area contributed by atoms with Crippen LogP contribution in [0.4, 0.5) is 26.3 Å². The van der Waals surface area contributed by atoms with Crippen molar-refractivity contribution in [2.75, 3.05) is 27.3 Å². The van der Waals surface area contributed by atoms with Gasteiger partial charge in [-0.15, -0.1) is 0 Å². The fourth-order valence-electron chi connectivity index (χ4n) is 3.58. The Hall–Kier alpha value is -3.12. The maximum absolute atomic E-state index is 12.5. The topological polar surface area (TPSA) is 81.9 Å². The number of carbonyl (C=O) groups excluding carboxylic acids is 2. The number of esters is 1. The van der Waals surface area contributed by atoms with Crippen LogP contribution in [0.2, 0.25) is 0 Å². The highest BCUT2D eigenvalue weighted by molar-refractivity contribution is 5.70. The van der Waals surface area contributed by atoms with Gasteiger partial charge in [-0.05, 0) is 75.5 Å². The third-order valence-electron chi connectivity index (χ3n) is 6.01. The lowest BCUT2D eigenvalue weighted by molar-refractivity contribution is -0.143. The molecule has 0 saturated heterocycles. The molecule has 2 aromatic carbocycles. The molecule has 0 saturated carbocycles. The first-order valence-corrected chi connectivity index (χ1v) is 15.2. The number of primary amides is 1. The van der Waals surface area contributed by atoms with Crippen LogP contribution >= 0.6 is 0 Å². The molecule has 0 aliphatic heterocycles. The highest BCUT2D eigenvalue weighted by Gasteiger charge is 2.37. The van der Waals surface area contributed by atoms with E-state index in [2.05, 4.69) is 73.5 Å². The molecule has 0 radical (unpaired) electrons. The van der Waals surface area contributed by atoms with Gasteiger partial charge in [0.2, 0.25) is 5.91 Å². The molecule has 2 unspecified atom stereocenters. The average Bonchev–Trinajstić information content (AvgIpc) is 2.97. The zero-order valence-corrected chi connectivity index (χ0v) is 29.1. The summed E-state index contributed by atoms with van der Waals surface area (Å²) in [4.78, 5) is 21.5. The summed E-state index contributed by atoms with van der Waals surface area (Å²) in [7, 11) is 3.43. The maximum Gasteiger partial charge on any atom is 0.416 e. The molecule has 2 atom stereocenters. The molecule has 6 nitrogen and oxygen atoms in total. The van der Waals surface area contributed by atoms with E-state index < -0.39 is 29.6 Å². The summed E-state index contributed by atoms with van der Waals surface area (Å²) in [5, 5.41) is 0. The van der Waals surface area contributed by atoms with E-state index in [1.54, 1.807) is 6.92 Å². The number of hydrogen-bond acceptors (Lipinski definition) is 5. The molecule has 2 aromatic rings. The van der Waals surface area contributed by atoms with Gasteiger partial charge in [0.15, 0.2) is 0 Å². The van der Waals surface area contributed by atoms with Crippen molar-refractivity contribution in [2.45, 2.75) is 99.7 Å². The molecule has 12 heteroatoms. The van der Waals surface area contributed by atoms with Gasteiger partial charge in [0.25, 0.3) is 0 Å². The minimum atomic E-state index is -4.83. The molecule has 0 heterocycles. The Morgan fingerprint density at radius 3 is 1.54 bits per heavy atom. The van der Waals surface area contributed by atoms with Crippen molar-refractivity contribution in [3.05, 3.63) is 70.8 Å². The summed E-state index contributed by atoms with van der Waals surface area (Å²) in [5.41, 5.74) is 3.08. The molecule has 0 aliphatic carbocycles. The first kappa shape index (κ1) is 47.3. The Kier molecular flexibility index (Phi) is 25.7. The molecule has 1 amide bonds. The van der Waals surface area contributed by atoms with Gasteiger partial charge in [0, 0.05) is 27.0 Å². The van der Waals surface area contributed by atoms with Crippen LogP contribution in [-0.2, 0) is 31.4 Å². The van der Waals surface area contributed by atoms with Crippen LogP contribution in [0.15, 0.2) is 48.5 Å². The zero-order valence-electron chi connectivity index (χ0n) is 29.1. The van der Waals surface area contributed by atoms with Crippen LogP contribution in [0, 0.1) is 5.92 Å². The van der Waals surface area contributed by atoms with E-state index in [0.29, 0.717) is 24.8 Å². The molecular weight excluding hydrogens is 614 g/mol. The lowest BCUT2D eigenvalue weighted by atomic mass is 9.96. The first-order valence-electron chi connectivity index (χ1n) is 15.2. The van der Waals surface area contributed by atoms with E-state index >= 15 is 0 Å². The standard InChI is InChI=1S/C15H25N.C11H10F6O.C4H8O2.C2H5NO.C2H6/c1-5-16(4)15(12-11-13(2)3)14-9-7-6-8-10-14;1-6(18-2)7-3-8(10(12,13)14)5-9(4-7)11(15,16)17;1-3-6-4(2)5;1-2(3)4;1-2/h6-10,13,15H,5,11-12H2,1-4H3;3-6H,1-2H3;3H2,1-2H3;1H3,(H2,3,4);1-2H3. The molecule has 0 spiro atoms. The zero-order chi connectivity index (χ0) is 36.7. The largest absolute Gasteiger partial charge is 0.466 e. The molecular formula is C34H54F6N2O4. The van der Waals surface area contributed by atoms with Crippen molar-refractivity contribution in [1.82, 2.24) is 4.90 Å². The molecule has 0 bridgehead atoms. The summed E-state index contributed by atoms with van der Waals surface area (Å²) in [6.45, 7) is 18.3. The lowest BCUT2D eigenvalue weighted by Crippen LogP contribution is -2.24. The molecule has 46 heavy (non-hydrogen) atoms. The summed E-state index contributed by atoms with van der Waals surface area (Å²) < 4.78 is 84.1. The van der Waals surface area contributed by atoms with Gasteiger partial charge in [0.1, 0.15) is 0 Å². The third-order valence-corrected chi connectivity index (χ3v) is 6.01. The number of halogens is 6. The summed E-state index contributed by atoms with van der Waals surface area (Å²) in [5.74, 6) is 0.244. The number of ether oxygens (including phenoxy) is 2. The number of nitrogens with two attached hydrogens (primary N) is 1. The minimum Gasteiger partial charge on any atom is -0.466 e. The third kappa shape index (κ3) is 23.3. The van der Waals surface area contributed by atoms with Crippen LogP contribution in [0.25, 0.3) is 0 Å². The fourth-order valence-corrected chi connectivity index (χ4v) is 3.58. The summed E-state index contributed by atoms with van der Waals surface area (Å²) >= 11 is 0. The van der Waals surface area contributed by atoms with E-state index in [4.69, 9.17) is 4.74 Å². The lowest BCUT2D eigenvalue weighted by Gasteiger charge is -2.28. The second-order valence-electron chi connectivity index (χ2n) is 10.2. The van der Waals surface area contributed by atoms with Gasteiger partial charge >= 0.3 is 18.3 Å². The second kappa shape index (κ2) is 25.0. The van der Waals surface area contributed by atoms with Crippen molar-refractivity contribution in [3.8, 4) is 0 Å². The van der Waals surface area contributed by atoms with Crippen molar-refractivity contribution < 1.29 is 45.4 Å². The van der Waals surface area contributed by atoms with Gasteiger partial charge in [-0.3, -0.25) is 14.5 Å². The number of rotatable bonds is 9. The Labute approximate surface area is 271 Å². The maximum atomic E-state index is 12.5. The predicted molar refractivity (Wildman–Crippen MR) is 172 cm³/mol. The van der Waals surface area contributed by atoms with E-state index in [9.17, 15) is 35.9 Å². The highest BCUT2D eigenvalue weighted by atomic mass is 19.4. The monoisotopic (exact) mass is 668 g/mol. The smallest absolute Gasteiger partial charge is 0.416 e. The Bertz CT molecular complexity index is 1040. The van der Waals surface area contributed by atoms with Crippen LogP contribution in [0.3, 0.4) is 0 Å².